The SMILES string of the molecule is CCCCc1nc2c(c(=O)n1Cc1ccc(-c3ccccc3S(=O)(=O)Nc3noc(C)c3C)c(COCC)c1)CN(C(=O)C1COC1)C2. The Kier molecular flexibility index (Phi) is 9.81. The molecule has 0 saturated carbocycles. The van der Waals surface area contributed by atoms with Crippen LogP contribution < -0.4 is 10.3 Å². The summed E-state index contributed by atoms with van der Waals surface area (Å²) in [6, 6.07) is 12.5. The normalized spacial score (nSPS) is 14.6. The first kappa shape index (κ1) is 33.6. The van der Waals surface area contributed by atoms with Crippen LogP contribution in [0, 0.1) is 19.8 Å². The summed E-state index contributed by atoms with van der Waals surface area (Å²) in [5.41, 5.74) is 4.53. The van der Waals surface area contributed by atoms with E-state index in [1.807, 2.05) is 25.1 Å². The minimum Gasteiger partial charge on any atom is -0.380 e. The number of aromatic nitrogens is 3. The first-order chi connectivity index (χ1) is 23.1. The van der Waals surface area contributed by atoms with Crippen LogP contribution in [0.5, 0.6) is 0 Å². The van der Waals surface area contributed by atoms with Gasteiger partial charge in [-0.2, -0.15) is 0 Å². The van der Waals surface area contributed by atoms with Gasteiger partial charge in [0.25, 0.3) is 15.6 Å². The molecule has 0 aliphatic carbocycles. The summed E-state index contributed by atoms with van der Waals surface area (Å²) in [7, 11) is -4.04. The lowest BCUT2D eigenvalue weighted by Crippen LogP contribution is -2.42. The predicted octanol–water partition coefficient (Wildman–Crippen LogP) is 4.73. The summed E-state index contributed by atoms with van der Waals surface area (Å²) >= 11 is 0. The van der Waals surface area contributed by atoms with Crippen molar-refractivity contribution in [2.24, 2.45) is 5.92 Å². The molecule has 0 radical (unpaired) electrons. The van der Waals surface area contributed by atoms with Gasteiger partial charge in [0.1, 0.15) is 11.6 Å². The summed E-state index contributed by atoms with van der Waals surface area (Å²) in [5, 5.41) is 3.88. The Balaban J connectivity index is 1.35. The maximum Gasteiger partial charge on any atom is 0.263 e. The van der Waals surface area contributed by atoms with Gasteiger partial charge in [0, 0.05) is 24.2 Å². The maximum absolute atomic E-state index is 14.0. The number of nitrogens with one attached hydrogen (secondary N) is 1. The van der Waals surface area contributed by atoms with Gasteiger partial charge < -0.3 is 18.9 Å². The lowest BCUT2D eigenvalue weighted by atomic mass is 9.97. The number of rotatable bonds is 13. The molecule has 13 heteroatoms. The molecule has 254 valence electrons. The van der Waals surface area contributed by atoms with Crippen LogP contribution in [0.3, 0.4) is 0 Å². The van der Waals surface area contributed by atoms with E-state index in [1.54, 1.807) is 47.6 Å². The van der Waals surface area contributed by atoms with Crippen molar-refractivity contribution in [3.05, 3.63) is 92.4 Å². The number of sulfonamides is 1. The molecule has 48 heavy (non-hydrogen) atoms. The number of benzene rings is 2. The molecule has 2 aliphatic heterocycles. The number of ether oxygens (including phenoxy) is 2. The summed E-state index contributed by atoms with van der Waals surface area (Å²) in [4.78, 5) is 33.7. The number of amides is 1. The quantitative estimate of drug-likeness (QED) is 0.213. The minimum absolute atomic E-state index is 0.000218. The molecule has 1 saturated heterocycles. The Morgan fingerprint density at radius 1 is 1.08 bits per heavy atom. The van der Waals surface area contributed by atoms with Gasteiger partial charge >= 0.3 is 0 Å². The predicted molar refractivity (Wildman–Crippen MR) is 179 cm³/mol. The van der Waals surface area contributed by atoms with Crippen LogP contribution in [-0.4, -0.2) is 53.8 Å². The number of hydrogen-bond acceptors (Lipinski definition) is 9. The standard InChI is InChI=1S/C35H41N5O7S/c1-5-7-12-32-36-30-18-39(34(41)26-20-46-21-26)17-29(30)35(42)40(32)16-24-13-14-27(25(15-24)19-45-6-2)28-10-8-9-11-31(28)48(43,44)38-33-22(3)23(4)47-37-33/h8-11,13-15,26H,5-7,12,16-21H2,1-4H3,(H,37,38). The lowest BCUT2D eigenvalue weighted by Gasteiger charge is -2.28. The fourth-order valence-corrected chi connectivity index (χ4v) is 7.31. The molecule has 0 atom stereocenters. The van der Waals surface area contributed by atoms with E-state index in [2.05, 4.69) is 16.8 Å². The van der Waals surface area contributed by atoms with Crippen molar-refractivity contribution in [2.75, 3.05) is 24.5 Å². The Hall–Kier alpha value is -4.33. The second kappa shape index (κ2) is 14.0. The molecule has 2 aromatic heterocycles. The molecular weight excluding hydrogens is 634 g/mol. The van der Waals surface area contributed by atoms with Crippen molar-refractivity contribution in [1.82, 2.24) is 19.6 Å². The van der Waals surface area contributed by atoms with E-state index in [0.717, 1.165) is 24.0 Å². The Morgan fingerprint density at radius 2 is 1.88 bits per heavy atom. The average Bonchev–Trinajstić information content (AvgIpc) is 3.62. The third kappa shape index (κ3) is 6.67. The monoisotopic (exact) mass is 675 g/mol. The average molecular weight is 676 g/mol. The third-order valence-electron chi connectivity index (χ3n) is 9.00. The molecule has 0 unspecified atom stereocenters. The first-order valence-corrected chi connectivity index (χ1v) is 17.8. The molecule has 4 aromatic rings. The number of anilines is 1. The molecule has 1 N–H and O–H groups in total. The molecule has 0 bridgehead atoms. The number of carbonyl (C=O) groups is 1. The van der Waals surface area contributed by atoms with Gasteiger partial charge in [0.2, 0.25) is 5.91 Å². The van der Waals surface area contributed by atoms with Crippen LogP contribution >= 0.6 is 0 Å². The highest BCUT2D eigenvalue weighted by atomic mass is 32.2. The summed E-state index contributed by atoms with van der Waals surface area (Å²) in [6.45, 7) is 9.84. The van der Waals surface area contributed by atoms with Crippen LogP contribution in [-0.2, 0) is 57.0 Å². The van der Waals surface area contributed by atoms with Crippen LogP contribution in [0.25, 0.3) is 11.1 Å². The van der Waals surface area contributed by atoms with Gasteiger partial charge in [0.15, 0.2) is 5.82 Å². The molecule has 12 nitrogen and oxygen atoms in total. The van der Waals surface area contributed by atoms with Gasteiger partial charge in [-0.1, -0.05) is 54.9 Å². The van der Waals surface area contributed by atoms with E-state index < -0.39 is 10.0 Å². The molecule has 1 fully saturated rings. The summed E-state index contributed by atoms with van der Waals surface area (Å²) in [5.74, 6) is 1.21. The Morgan fingerprint density at radius 3 is 2.56 bits per heavy atom. The topological polar surface area (TPSA) is 146 Å². The zero-order chi connectivity index (χ0) is 34.0. The largest absolute Gasteiger partial charge is 0.380 e. The number of hydrogen-bond donors (Lipinski definition) is 1. The van der Waals surface area contributed by atoms with E-state index in [1.165, 1.54) is 0 Å². The number of aryl methyl sites for hydroxylation is 2. The molecule has 2 aliphatic rings. The van der Waals surface area contributed by atoms with Gasteiger partial charge in [-0.15, -0.1) is 0 Å². The van der Waals surface area contributed by atoms with Gasteiger partial charge in [-0.05, 0) is 49.9 Å². The van der Waals surface area contributed by atoms with Crippen molar-refractivity contribution in [3.63, 3.8) is 0 Å². The number of unbranched alkanes of at least 4 members (excludes halogenated alkanes) is 1. The van der Waals surface area contributed by atoms with Crippen molar-refractivity contribution in [2.45, 2.75) is 78.1 Å². The van der Waals surface area contributed by atoms with Crippen LogP contribution in [0.1, 0.15) is 66.2 Å². The third-order valence-corrected chi connectivity index (χ3v) is 10.4. The van der Waals surface area contributed by atoms with Crippen molar-refractivity contribution in [1.29, 1.82) is 0 Å². The molecule has 4 heterocycles. The smallest absolute Gasteiger partial charge is 0.263 e. The van der Waals surface area contributed by atoms with Crippen LogP contribution in [0.2, 0.25) is 0 Å². The number of nitrogens with zero attached hydrogens (tertiary/aromatic N) is 4. The highest BCUT2D eigenvalue weighted by Gasteiger charge is 2.36. The zero-order valence-corrected chi connectivity index (χ0v) is 28.6. The maximum atomic E-state index is 14.0. The fourth-order valence-electron chi connectivity index (χ4n) is 6.03. The second-order valence-corrected chi connectivity index (χ2v) is 14.0. The second-order valence-electron chi connectivity index (χ2n) is 12.3. The van der Waals surface area contributed by atoms with E-state index in [0.29, 0.717) is 72.3 Å². The van der Waals surface area contributed by atoms with Crippen molar-refractivity contribution < 1.29 is 27.2 Å². The molecule has 2 aromatic carbocycles. The van der Waals surface area contributed by atoms with Crippen molar-refractivity contribution in [3.8, 4) is 11.1 Å². The molecule has 6 rings (SSSR count). The van der Waals surface area contributed by atoms with E-state index in [4.69, 9.17) is 19.0 Å². The number of carbonyl (C=O) groups excluding carboxylic acids is 1. The van der Waals surface area contributed by atoms with Crippen molar-refractivity contribution >= 4 is 21.7 Å². The lowest BCUT2D eigenvalue weighted by molar-refractivity contribution is -0.150. The van der Waals surface area contributed by atoms with E-state index in [9.17, 15) is 18.0 Å². The van der Waals surface area contributed by atoms with Crippen LogP contribution in [0.15, 0.2) is 56.7 Å². The summed E-state index contributed by atoms with van der Waals surface area (Å²) in [6.07, 6.45) is 2.45. The Labute approximate surface area is 280 Å². The molecule has 0 spiro atoms. The highest BCUT2D eigenvalue weighted by Crippen LogP contribution is 2.33. The number of fused-ring (bicyclic) bond motifs is 1. The van der Waals surface area contributed by atoms with Crippen LogP contribution in [0.4, 0.5) is 5.82 Å². The fraction of sp³-hybridized carbons (Fsp3) is 0.429. The Bertz CT molecular complexity index is 2000. The van der Waals surface area contributed by atoms with Gasteiger partial charge in [0.05, 0.1) is 61.5 Å². The first-order valence-electron chi connectivity index (χ1n) is 16.3. The molecule has 1 amide bonds. The van der Waals surface area contributed by atoms with Gasteiger partial charge in [-0.25, -0.2) is 13.4 Å². The molecular formula is C35H41N5O7S. The van der Waals surface area contributed by atoms with Gasteiger partial charge in [-0.3, -0.25) is 18.9 Å². The van der Waals surface area contributed by atoms with E-state index in [-0.39, 0.29) is 47.8 Å². The summed E-state index contributed by atoms with van der Waals surface area (Å²) < 4.78 is 47.9. The highest BCUT2D eigenvalue weighted by molar-refractivity contribution is 7.92. The zero-order valence-electron chi connectivity index (χ0n) is 27.7. The minimum atomic E-state index is -4.04. The van der Waals surface area contributed by atoms with E-state index >= 15 is 0 Å².